The average Bonchev–Trinajstić information content (AvgIpc) is 2.99. The van der Waals surface area contributed by atoms with Gasteiger partial charge in [-0.15, -0.1) is 5.10 Å². The third-order valence-electron chi connectivity index (χ3n) is 2.47. The molecule has 0 aliphatic heterocycles. The molecule has 0 saturated heterocycles. The molecular weight excluding hydrogens is 260 g/mol. The molecule has 7 nitrogen and oxygen atoms in total. The topological polar surface area (TPSA) is 79.1 Å². The van der Waals surface area contributed by atoms with E-state index in [0.29, 0.717) is 13.2 Å². The number of ether oxygens (including phenoxy) is 2. The fraction of sp³-hybridized carbons (Fsp3) is 0.231. The molecule has 1 aromatic carbocycles. The van der Waals surface area contributed by atoms with Crippen molar-refractivity contribution < 1.29 is 14.3 Å². The summed E-state index contributed by atoms with van der Waals surface area (Å²) >= 11 is 0. The fourth-order valence-corrected chi connectivity index (χ4v) is 1.45. The minimum atomic E-state index is -0.383. The molecule has 104 valence electrons. The predicted octanol–water partition coefficient (Wildman–Crippen LogP) is 0.938. The molecule has 0 spiro atoms. The lowest BCUT2D eigenvalue weighted by atomic mass is 10.2. The number of benzene rings is 1. The van der Waals surface area contributed by atoms with E-state index >= 15 is 0 Å². The molecule has 2 aromatic rings. The summed E-state index contributed by atoms with van der Waals surface area (Å²) in [6, 6.07) is 7.37. The van der Waals surface area contributed by atoms with E-state index in [9.17, 15) is 4.79 Å². The van der Waals surface area contributed by atoms with Gasteiger partial charge in [-0.1, -0.05) is 12.1 Å². The van der Waals surface area contributed by atoms with Crippen molar-refractivity contribution in [1.29, 1.82) is 0 Å². The Morgan fingerprint density at radius 1 is 1.35 bits per heavy atom. The summed E-state index contributed by atoms with van der Waals surface area (Å²) in [7, 11) is 1.34. The molecule has 1 heterocycles. The van der Waals surface area contributed by atoms with E-state index in [-0.39, 0.29) is 5.97 Å². The summed E-state index contributed by atoms with van der Waals surface area (Å²) < 4.78 is 11.7. The van der Waals surface area contributed by atoms with Crippen molar-refractivity contribution >= 4 is 12.0 Å². The van der Waals surface area contributed by atoms with Crippen LogP contribution in [0.4, 0.5) is 0 Å². The first-order chi connectivity index (χ1) is 9.78. The van der Waals surface area contributed by atoms with Gasteiger partial charge in [-0.25, -0.2) is 9.48 Å². The Morgan fingerprint density at radius 2 is 2.15 bits per heavy atom. The molecule has 0 unspecified atom stereocenters. The van der Waals surface area contributed by atoms with Crippen LogP contribution in [0.2, 0.25) is 0 Å². The highest BCUT2D eigenvalue weighted by Crippen LogP contribution is 2.13. The van der Waals surface area contributed by atoms with Crippen molar-refractivity contribution in [2.24, 2.45) is 0 Å². The van der Waals surface area contributed by atoms with Crippen LogP contribution in [-0.4, -0.2) is 39.9 Å². The number of nitrogens with zero attached hydrogens (tertiary/aromatic N) is 4. The number of carbonyl (C=O) groups excluding carboxylic acids is 1. The highest BCUT2D eigenvalue weighted by molar-refractivity contribution is 5.86. The van der Waals surface area contributed by atoms with Crippen molar-refractivity contribution in [3.63, 3.8) is 0 Å². The summed E-state index contributed by atoms with van der Waals surface area (Å²) in [6.45, 7) is 1.05. The van der Waals surface area contributed by atoms with Gasteiger partial charge in [0, 0.05) is 6.08 Å². The standard InChI is InChI=1S/C13H14N4O3/c1-19-13(18)7-4-11-2-5-12(6-3-11)20-9-8-17-10-14-15-16-17/h2-7,10H,8-9H2,1H3/b7-4+. The molecule has 0 atom stereocenters. The monoisotopic (exact) mass is 274 g/mol. The molecule has 7 heteroatoms. The number of aromatic nitrogens is 4. The molecule has 2 rings (SSSR count). The lowest BCUT2D eigenvalue weighted by Gasteiger charge is -2.05. The van der Waals surface area contributed by atoms with Crippen molar-refractivity contribution in [1.82, 2.24) is 20.2 Å². The van der Waals surface area contributed by atoms with Crippen LogP contribution in [0.25, 0.3) is 6.08 Å². The van der Waals surface area contributed by atoms with E-state index in [2.05, 4.69) is 20.3 Å². The molecule has 0 amide bonds. The van der Waals surface area contributed by atoms with Crippen LogP contribution in [0.5, 0.6) is 5.75 Å². The average molecular weight is 274 g/mol. The third kappa shape index (κ3) is 4.20. The lowest BCUT2D eigenvalue weighted by Crippen LogP contribution is -2.08. The van der Waals surface area contributed by atoms with E-state index < -0.39 is 0 Å². The number of rotatable bonds is 6. The van der Waals surface area contributed by atoms with Crippen LogP contribution >= 0.6 is 0 Å². The van der Waals surface area contributed by atoms with Crippen LogP contribution in [0, 0.1) is 0 Å². The zero-order valence-corrected chi connectivity index (χ0v) is 11.0. The van der Waals surface area contributed by atoms with Gasteiger partial charge in [0.05, 0.1) is 13.7 Å². The maximum Gasteiger partial charge on any atom is 0.330 e. The van der Waals surface area contributed by atoms with Gasteiger partial charge in [0.2, 0.25) is 0 Å². The Hall–Kier alpha value is -2.70. The van der Waals surface area contributed by atoms with E-state index in [0.717, 1.165) is 11.3 Å². The number of carbonyl (C=O) groups is 1. The van der Waals surface area contributed by atoms with Crippen molar-refractivity contribution in [3.8, 4) is 5.75 Å². The number of methoxy groups -OCH3 is 1. The smallest absolute Gasteiger partial charge is 0.330 e. The van der Waals surface area contributed by atoms with Crippen LogP contribution in [0.1, 0.15) is 5.56 Å². The second-order valence-corrected chi connectivity index (χ2v) is 3.85. The minimum Gasteiger partial charge on any atom is -0.492 e. The first-order valence-electron chi connectivity index (χ1n) is 5.97. The normalized spacial score (nSPS) is 10.7. The molecule has 1 aromatic heterocycles. The van der Waals surface area contributed by atoms with Gasteiger partial charge in [-0.3, -0.25) is 0 Å². The van der Waals surface area contributed by atoms with Gasteiger partial charge in [0.15, 0.2) is 0 Å². The molecular formula is C13H14N4O3. The Bertz CT molecular complexity index is 564. The molecule has 0 bridgehead atoms. The lowest BCUT2D eigenvalue weighted by molar-refractivity contribution is -0.134. The number of esters is 1. The van der Waals surface area contributed by atoms with Crippen LogP contribution in [-0.2, 0) is 16.1 Å². The maximum atomic E-state index is 11.0. The largest absolute Gasteiger partial charge is 0.492 e. The summed E-state index contributed by atoms with van der Waals surface area (Å²) in [5, 5.41) is 10.8. The van der Waals surface area contributed by atoms with Gasteiger partial charge < -0.3 is 9.47 Å². The van der Waals surface area contributed by atoms with E-state index in [4.69, 9.17) is 4.74 Å². The summed E-state index contributed by atoms with van der Waals surface area (Å²) in [5.41, 5.74) is 0.892. The highest BCUT2D eigenvalue weighted by Gasteiger charge is 1.97. The zero-order valence-electron chi connectivity index (χ0n) is 11.0. The molecule has 0 aliphatic rings. The second kappa shape index (κ2) is 7.03. The van der Waals surface area contributed by atoms with Crippen LogP contribution in [0.15, 0.2) is 36.7 Å². The van der Waals surface area contributed by atoms with E-state index in [1.807, 2.05) is 24.3 Å². The Balaban J connectivity index is 1.82. The Kier molecular flexibility index (Phi) is 4.82. The first-order valence-corrected chi connectivity index (χ1v) is 5.97. The summed E-state index contributed by atoms with van der Waals surface area (Å²) in [4.78, 5) is 11.0. The SMILES string of the molecule is COC(=O)/C=C/c1ccc(OCCn2cnnn2)cc1. The number of tetrazole rings is 1. The minimum absolute atomic E-state index is 0.383. The van der Waals surface area contributed by atoms with Crippen LogP contribution in [0.3, 0.4) is 0 Å². The second-order valence-electron chi connectivity index (χ2n) is 3.85. The van der Waals surface area contributed by atoms with Crippen molar-refractivity contribution in [3.05, 3.63) is 42.2 Å². The maximum absolute atomic E-state index is 11.0. The fourth-order valence-electron chi connectivity index (χ4n) is 1.45. The van der Waals surface area contributed by atoms with Crippen molar-refractivity contribution in [2.75, 3.05) is 13.7 Å². The van der Waals surface area contributed by atoms with E-state index in [1.165, 1.54) is 19.5 Å². The molecule has 0 radical (unpaired) electrons. The molecule has 0 N–H and O–H groups in total. The number of hydrogen-bond donors (Lipinski definition) is 0. The van der Waals surface area contributed by atoms with Gasteiger partial charge in [-0.05, 0) is 34.2 Å². The highest BCUT2D eigenvalue weighted by atomic mass is 16.5. The Morgan fingerprint density at radius 3 is 2.80 bits per heavy atom. The summed E-state index contributed by atoms with van der Waals surface area (Å²) in [5.74, 6) is 0.361. The molecule has 0 aliphatic carbocycles. The molecule has 20 heavy (non-hydrogen) atoms. The number of hydrogen-bond acceptors (Lipinski definition) is 6. The van der Waals surface area contributed by atoms with Crippen LogP contribution < -0.4 is 4.74 Å². The third-order valence-corrected chi connectivity index (χ3v) is 2.47. The van der Waals surface area contributed by atoms with Crippen molar-refractivity contribution in [2.45, 2.75) is 6.54 Å². The first kappa shape index (κ1) is 13.7. The zero-order chi connectivity index (χ0) is 14.2. The molecule has 0 fully saturated rings. The van der Waals surface area contributed by atoms with Gasteiger partial charge >= 0.3 is 5.97 Å². The van der Waals surface area contributed by atoms with E-state index in [1.54, 1.807) is 10.8 Å². The molecule has 0 saturated carbocycles. The Labute approximate surface area is 115 Å². The van der Waals surface area contributed by atoms with Gasteiger partial charge in [-0.2, -0.15) is 0 Å². The summed E-state index contributed by atoms with van der Waals surface area (Å²) in [6.07, 6.45) is 4.58. The predicted molar refractivity (Wildman–Crippen MR) is 70.8 cm³/mol. The van der Waals surface area contributed by atoms with Gasteiger partial charge in [0.25, 0.3) is 0 Å². The quantitative estimate of drug-likeness (QED) is 0.576. The van der Waals surface area contributed by atoms with Gasteiger partial charge in [0.1, 0.15) is 18.7 Å².